The highest BCUT2D eigenvalue weighted by Gasteiger charge is 2.30. The first-order chi connectivity index (χ1) is 9.58. The van der Waals surface area contributed by atoms with Gasteiger partial charge < -0.3 is 9.80 Å². The van der Waals surface area contributed by atoms with Crippen LogP contribution in [0.25, 0.3) is 10.2 Å². The van der Waals surface area contributed by atoms with Crippen LogP contribution in [-0.4, -0.2) is 54.9 Å². The van der Waals surface area contributed by atoms with Gasteiger partial charge in [0, 0.05) is 38.1 Å². The Kier molecular flexibility index (Phi) is 3.48. The largest absolute Gasteiger partial charge is 0.344 e. The van der Waals surface area contributed by atoms with Crippen molar-refractivity contribution in [1.29, 1.82) is 0 Å². The van der Waals surface area contributed by atoms with Gasteiger partial charge in [-0.05, 0) is 31.6 Å². The number of likely N-dealkylation sites (tertiary alicyclic amines) is 1. The normalized spacial score (nSPS) is 19.6. The van der Waals surface area contributed by atoms with E-state index in [-0.39, 0.29) is 5.91 Å². The first-order valence-corrected chi connectivity index (χ1v) is 7.67. The molecule has 0 bridgehead atoms. The third-order valence-corrected chi connectivity index (χ3v) is 5.02. The van der Waals surface area contributed by atoms with Crippen molar-refractivity contribution in [2.75, 3.05) is 34.2 Å². The lowest BCUT2D eigenvalue weighted by Gasteiger charge is -2.15. The summed E-state index contributed by atoms with van der Waals surface area (Å²) in [7, 11) is 5.76. The van der Waals surface area contributed by atoms with Gasteiger partial charge in [-0.2, -0.15) is 0 Å². The van der Waals surface area contributed by atoms with Crippen LogP contribution >= 0.6 is 11.3 Å². The lowest BCUT2D eigenvalue weighted by atomic mass is 9.95. The van der Waals surface area contributed by atoms with E-state index in [2.05, 4.69) is 23.0 Å². The minimum absolute atomic E-state index is 0.0950. The second-order valence-electron chi connectivity index (χ2n) is 5.65. The number of carbonyl (C=O) groups is 1. The van der Waals surface area contributed by atoms with Crippen molar-refractivity contribution >= 4 is 27.5 Å². The van der Waals surface area contributed by atoms with Crippen LogP contribution in [0, 0.1) is 0 Å². The fourth-order valence-corrected chi connectivity index (χ4v) is 4.14. The van der Waals surface area contributed by atoms with E-state index in [0.717, 1.165) is 34.6 Å². The maximum atomic E-state index is 12.5. The Hall–Kier alpha value is -1.46. The first kappa shape index (κ1) is 13.5. The number of hydrogen-bond acceptors (Lipinski definition) is 4. The molecule has 0 saturated carbocycles. The highest BCUT2D eigenvalue weighted by atomic mass is 32.1. The number of likely N-dealkylation sites (N-methyl/N-ethyl adjacent to an activating group) is 1. The predicted molar refractivity (Wildman–Crippen MR) is 82.5 cm³/mol. The zero-order valence-corrected chi connectivity index (χ0v) is 12.9. The number of hydrogen-bond donors (Lipinski definition) is 0. The van der Waals surface area contributed by atoms with E-state index in [0.29, 0.717) is 5.92 Å². The zero-order chi connectivity index (χ0) is 14.3. The number of fused-ring (bicyclic) bond motifs is 1. The van der Waals surface area contributed by atoms with E-state index in [1.165, 1.54) is 16.9 Å². The molecule has 1 fully saturated rings. The molecule has 1 saturated heterocycles. The molecular formula is C15H19N3OS. The lowest BCUT2D eigenvalue weighted by Crippen LogP contribution is -2.22. The van der Waals surface area contributed by atoms with Gasteiger partial charge in [-0.3, -0.25) is 4.79 Å². The minimum Gasteiger partial charge on any atom is -0.344 e. The maximum Gasteiger partial charge on any atom is 0.263 e. The van der Waals surface area contributed by atoms with Crippen molar-refractivity contribution in [2.45, 2.75) is 12.3 Å². The molecule has 0 spiro atoms. The number of nitrogens with zero attached hydrogens (tertiary/aromatic N) is 3. The Balaban J connectivity index is 2.15. The minimum atomic E-state index is 0.0950. The van der Waals surface area contributed by atoms with Crippen LogP contribution in [0.5, 0.6) is 0 Å². The average Bonchev–Trinajstić information content (AvgIpc) is 3.00. The molecule has 1 atom stereocenters. The second kappa shape index (κ2) is 5.14. The summed E-state index contributed by atoms with van der Waals surface area (Å²) in [5.41, 5.74) is 1.21. The van der Waals surface area contributed by atoms with Crippen LogP contribution in [0.3, 0.4) is 0 Å². The number of thiophene rings is 1. The van der Waals surface area contributed by atoms with Crippen molar-refractivity contribution in [2.24, 2.45) is 0 Å². The van der Waals surface area contributed by atoms with Crippen LogP contribution in [0.1, 0.15) is 27.6 Å². The number of pyridine rings is 1. The van der Waals surface area contributed by atoms with E-state index < -0.39 is 0 Å². The van der Waals surface area contributed by atoms with E-state index in [1.807, 2.05) is 20.2 Å². The summed E-state index contributed by atoms with van der Waals surface area (Å²) in [5, 5.41) is 1.16. The van der Waals surface area contributed by atoms with Crippen molar-refractivity contribution in [3.63, 3.8) is 0 Å². The van der Waals surface area contributed by atoms with Crippen LogP contribution in [0.2, 0.25) is 0 Å². The summed E-state index contributed by atoms with van der Waals surface area (Å²) < 4.78 is 0. The Morgan fingerprint density at radius 3 is 2.95 bits per heavy atom. The van der Waals surface area contributed by atoms with Gasteiger partial charge in [0.2, 0.25) is 0 Å². The van der Waals surface area contributed by atoms with Crippen LogP contribution < -0.4 is 0 Å². The lowest BCUT2D eigenvalue weighted by molar-refractivity contribution is 0.0831. The third-order valence-electron chi connectivity index (χ3n) is 3.90. The Bertz CT molecular complexity index is 650. The molecule has 3 heterocycles. The summed E-state index contributed by atoms with van der Waals surface area (Å²) in [6.45, 7) is 2.12. The molecule has 0 radical (unpaired) electrons. The fraction of sp³-hybridized carbons (Fsp3) is 0.467. The van der Waals surface area contributed by atoms with Gasteiger partial charge in [-0.15, -0.1) is 11.3 Å². The molecule has 0 aromatic carbocycles. The van der Waals surface area contributed by atoms with Gasteiger partial charge in [0.15, 0.2) is 0 Å². The third kappa shape index (κ3) is 2.21. The van der Waals surface area contributed by atoms with Gasteiger partial charge in [0.1, 0.15) is 4.83 Å². The standard InChI is InChI=1S/C15H19N3OS/c1-17(2)15(19)13-12(10-6-8-18(3)9-10)11-5-4-7-16-14(11)20-13/h4-5,7,10H,6,8-9H2,1-3H3/t10-/m1/s1. The Morgan fingerprint density at radius 2 is 2.30 bits per heavy atom. The highest BCUT2D eigenvalue weighted by Crippen LogP contribution is 2.39. The van der Waals surface area contributed by atoms with Crippen LogP contribution in [0.15, 0.2) is 18.3 Å². The van der Waals surface area contributed by atoms with Gasteiger partial charge in [0.25, 0.3) is 5.91 Å². The summed E-state index contributed by atoms with van der Waals surface area (Å²) in [5.74, 6) is 0.536. The van der Waals surface area contributed by atoms with Gasteiger partial charge in [0.05, 0.1) is 4.88 Å². The summed E-state index contributed by atoms with van der Waals surface area (Å²) in [4.78, 5) is 22.7. The Morgan fingerprint density at radius 1 is 1.50 bits per heavy atom. The average molecular weight is 289 g/mol. The van der Waals surface area contributed by atoms with E-state index >= 15 is 0 Å². The van der Waals surface area contributed by atoms with Gasteiger partial charge in [-0.25, -0.2) is 4.98 Å². The van der Waals surface area contributed by atoms with Crippen molar-refractivity contribution in [3.8, 4) is 0 Å². The molecule has 1 amide bonds. The number of rotatable bonds is 2. The summed E-state index contributed by atoms with van der Waals surface area (Å²) in [6, 6.07) is 4.06. The van der Waals surface area contributed by atoms with Crippen molar-refractivity contribution in [3.05, 3.63) is 28.8 Å². The molecule has 2 aromatic rings. The molecule has 5 heteroatoms. The second-order valence-corrected chi connectivity index (χ2v) is 6.65. The first-order valence-electron chi connectivity index (χ1n) is 6.85. The van der Waals surface area contributed by atoms with E-state index in [9.17, 15) is 4.79 Å². The van der Waals surface area contributed by atoms with E-state index in [4.69, 9.17) is 0 Å². The molecule has 3 rings (SSSR count). The smallest absolute Gasteiger partial charge is 0.263 e. The molecule has 20 heavy (non-hydrogen) atoms. The van der Waals surface area contributed by atoms with Gasteiger partial charge in [-0.1, -0.05) is 6.07 Å². The molecule has 106 valence electrons. The number of aromatic nitrogens is 1. The topological polar surface area (TPSA) is 36.4 Å². The molecule has 2 aromatic heterocycles. The molecule has 4 nitrogen and oxygen atoms in total. The summed E-state index contributed by atoms with van der Waals surface area (Å²) >= 11 is 1.53. The molecule has 0 unspecified atom stereocenters. The molecule has 0 N–H and O–H groups in total. The number of amides is 1. The van der Waals surface area contributed by atoms with Crippen LogP contribution in [-0.2, 0) is 0 Å². The quantitative estimate of drug-likeness (QED) is 0.852. The number of carbonyl (C=O) groups excluding carboxylic acids is 1. The Labute approximate surface area is 123 Å². The van der Waals surface area contributed by atoms with Crippen LogP contribution in [0.4, 0.5) is 0 Å². The molecule has 0 aliphatic carbocycles. The highest BCUT2D eigenvalue weighted by molar-refractivity contribution is 7.20. The van der Waals surface area contributed by atoms with Crippen molar-refractivity contribution < 1.29 is 4.79 Å². The van der Waals surface area contributed by atoms with E-state index in [1.54, 1.807) is 11.1 Å². The molecule has 1 aliphatic rings. The maximum absolute atomic E-state index is 12.5. The van der Waals surface area contributed by atoms with Gasteiger partial charge >= 0.3 is 0 Å². The van der Waals surface area contributed by atoms with Crippen molar-refractivity contribution in [1.82, 2.24) is 14.8 Å². The molecular weight excluding hydrogens is 270 g/mol. The zero-order valence-electron chi connectivity index (χ0n) is 12.1. The molecule has 1 aliphatic heterocycles. The predicted octanol–water partition coefficient (Wildman–Crippen LogP) is 2.42. The monoisotopic (exact) mass is 289 g/mol. The SMILES string of the molecule is CN1CC[C@@H](c2c(C(=O)N(C)C)sc3ncccc23)C1. The fourth-order valence-electron chi connectivity index (χ4n) is 2.89. The summed E-state index contributed by atoms with van der Waals surface area (Å²) in [6.07, 6.45) is 2.91.